The standard InChI is InChI=1S/C19H23N5O3S2/c1-4-9-24-17(26)15-16(21-18(29-15)23(5-2)6-3)22-19(24)28-12-14(25)20-11-13-8-7-10-27-13/h4,7-8,10H,1,5-6,9,11-12H2,2-3H3,(H,20,25). The van der Waals surface area contributed by atoms with Crippen LogP contribution in [0.5, 0.6) is 0 Å². The van der Waals surface area contributed by atoms with Gasteiger partial charge < -0.3 is 14.6 Å². The van der Waals surface area contributed by atoms with E-state index in [1.54, 1.807) is 24.5 Å². The smallest absolute Gasteiger partial charge is 0.274 e. The predicted molar refractivity (Wildman–Crippen MR) is 117 cm³/mol. The zero-order chi connectivity index (χ0) is 20.8. The lowest BCUT2D eigenvalue weighted by molar-refractivity contribution is -0.118. The number of carbonyl (C=O) groups excluding carboxylic acids is 1. The monoisotopic (exact) mass is 433 g/mol. The average molecular weight is 434 g/mol. The molecule has 1 amide bonds. The molecule has 0 saturated carbocycles. The van der Waals surface area contributed by atoms with Crippen molar-refractivity contribution in [1.82, 2.24) is 19.9 Å². The Bertz CT molecular complexity index is 1040. The van der Waals surface area contributed by atoms with Crippen molar-refractivity contribution in [2.24, 2.45) is 0 Å². The summed E-state index contributed by atoms with van der Waals surface area (Å²) in [6.07, 6.45) is 3.20. The number of thiazole rings is 1. The predicted octanol–water partition coefficient (Wildman–Crippen LogP) is 2.89. The third-order valence-corrected chi connectivity index (χ3v) is 6.26. The minimum Gasteiger partial charge on any atom is -0.467 e. The van der Waals surface area contributed by atoms with Crippen LogP contribution in [-0.4, -0.2) is 39.3 Å². The van der Waals surface area contributed by atoms with E-state index in [9.17, 15) is 9.59 Å². The van der Waals surface area contributed by atoms with Crippen molar-refractivity contribution in [3.05, 3.63) is 47.2 Å². The molecule has 3 aromatic heterocycles. The molecule has 3 heterocycles. The van der Waals surface area contributed by atoms with Gasteiger partial charge in [-0.15, -0.1) is 6.58 Å². The van der Waals surface area contributed by atoms with Crippen LogP contribution in [0.15, 0.2) is 45.4 Å². The summed E-state index contributed by atoms with van der Waals surface area (Å²) in [6.45, 7) is 10.0. The van der Waals surface area contributed by atoms with Crippen molar-refractivity contribution in [2.75, 3.05) is 23.7 Å². The second kappa shape index (κ2) is 9.75. The molecule has 0 aliphatic rings. The number of aromatic nitrogens is 3. The minimum absolute atomic E-state index is 0.128. The number of thioether (sulfide) groups is 1. The molecule has 29 heavy (non-hydrogen) atoms. The van der Waals surface area contributed by atoms with E-state index in [1.165, 1.54) is 27.7 Å². The van der Waals surface area contributed by atoms with Gasteiger partial charge in [-0.2, -0.15) is 4.98 Å². The van der Waals surface area contributed by atoms with Gasteiger partial charge in [0, 0.05) is 19.6 Å². The number of fused-ring (bicyclic) bond motifs is 1. The minimum atomic E-state index is -0.173. The number of carbonyl (C=O) groups is 1. The molecule has 154 valence electrons. The highest BCUT2D eigenvalue weighted by Crippen LogP contribution is 2.27. The van der Waals surface area contributed by atoms with E-state index in [4.69, 9.17) is 4.42 Å². The number of nitrogens with zero attached hydrogens (tertiary/aromatic N) is 4. The summed E-state index contributed by atoms with van der Waals surface area (Å²) >= 11 is 2.55. The molecule has 0 radical (unpaired) electrons. The van der Waals surface area contributed by atoms with Gasteiger partial charge in [0.1, 0.15) is 10.5 Å². The Morgan fingerprint density at radius 1 is 1.41 bits per heavy atom. The van der Waals surface area contributed by atoms with E-state index in [2.05, 4.69) is 26.8 Å². The van der Waals surface area contributed by atoms with E-state index >= 15 is 0 Å². The van der Waals surface area contributed by atoms with Crippen molar-refractivity contribution >= 4 is 44.5 Å². The summed E-state index contributed by atoms with van der Waals surface area (Å²) in [6, 6.07) is 3.56. The molecule has 0 fully saturated rings. The number of allylic oxidation sites excluding steroid dienone is 1. The maximum absolute atomic E-state index is 13.0. The second-order valence-electron chi connectivity index (χ2n) is 6.07. The highest BCUT2D eigenvalue weighted by atomic mass is 32.2. The van der Waals surface area contributed by atoms with Crippen LogP contribution in [0.4, 0.5) is 5.13 Å². The number of furan rings is 1. The molecule has 0 spiro atoms. The number of rotatable bonds is 10. The van der Waals surface area contributed by atoms with Crippen molar-refractivity contribution in [1.29, 1.82) is 0 Å². The first kappa shape index (κ1) is 21.1. The average Bonchev–Trinajstić information content (AvgIpc) is 3.38. The van der Waals surface area contributed by atoms with Crippen LogP contribution in [0.2, 0.25) is 0 Å². The summed E-state index contributed by atoms with van der Waals surface area (Å²) in [5.74, 6) is 0.633. The van der Waals surface area contributed by atoms with Gasteiger partial charge in [-0.05, 0) is 26.0 Å². The van der Waals surface area contributed by atoms with E-state index in [1.807, 2.05) is 13.8 Å². The molecule has 0 aliphatic heterocycles. The summed E-state index contributed by atoms with van der Waals surface area (Å²) in [7, 11) is 0. The first-order chi connectivity index (χ1) is 14.1. The largest absolute Gasteiger partial charge is 0.467 e. The first-order valence-electron chi connectivity index (χ1n) is 9.26. The zero-order valence-corrected chi connectivity index (χ0v) is 18.0. The van der Waals surface area contributed by atoms with Gasteiger partial charge in [0.05, 0.1) is 18.6 Å². The van der Waals surface area contributed by atoms with E-state index in [0.717, 1.165) is 18.2 Å². The van der Waals surface area contributed by atoms with Gasteiger partial charge in [0.25, 0.3) is 5.56 Å². The Morgan fingerprint density at radius 3 is 2.86 bits per heavy atom. The van der Waals surface area contributed by atoms with Crippen molar-refractivity contribution < 1.29 is 9.21 Å². The molecule has 1 N–H and O–H groups in total. The lowest BCUT2D eigenvalue weighted by atomic mass is 10.4. The van der Waals surface area contributed by atoms with Crippen LogP contribution in [0.1, 0.15) is 19.6 Å². The Morgan fingerprint density at radius 2 is 2.21 bits per heavy atom. The maximum Gasteiger partial charge on any atom is 0.274 e. The van der Waals surface area contributed by atoms with Crippen LogP contribution >= 0.6 is 23.1 Å². The molecule has 0 aliphatic carbocycles. The Hall–Kier alpha value is -2.59. The SMILES string of the molecule is C=CCn1c(SCC(=O)NCc2ccco2)nc2nc(N(CC)CC)sc2c1=O. The summed E-state index contributed by atoms with van der Waals surface area (Å²) in [4.78, 5) is 36.3. The number of nitrogens with one attached hydrogen (secondary N) is 1. The summed E-state index contributed by atoms with van der Waals surface area (Å²) in [5.41, 5.74) is 0.255. The third kappa shape index (κ3) is 4.88. The van der Waals surface area contributed by atoms with E-state index in [0.29, 0.717) is 34.4 Å². The highest BCUT2D eigenvalue weighted by molar-refractivity contribution is 7.99. The topological polar surface area (TPSA) is 93.3 Å². The lowest BCUT2D eigenvalue weighted by Gasteiger charge is -2.15. The maximum atomic E-state index is 13.0. The fourth-order valence-corrected chi connectivity index (χ4v) is 4.59. The van der Waals surface area contributed by atoms with E-state index in [-0.39, 0.29) is 17.2 Å². The van der Waals surface area contributed by atoms with Crippen molar-refractivity contribution in [2.45, 2.75) is 32.1 Å². The lowest BCUT2D eigenvalue weighted by Crippen LogP contribution is -2.26. The molecule has 3 rings (SSSR count). The number of hydrogen-bond donors (Lipinski definition) is 1. The molecule has 0 saturated heterocycles. The molecular formula is C19H23N5O3S2. The molecule has 0 unspecified atom stereocenters. The normalized spacial score (nSPS) is 11.0. The summed E-state index contributed by atoms with van der Waals surface area (Å²) < 4.78 is 7.25. The number of hydrogen-bond acceptors (Lipinski definition) is 8. The van der Waals surface area contributed by atoms with Gasteiger partial charge >= 0.3 is 0 Å². The van der Waals surface area contributed by atoms with Gasteiger partial charge in [0.2, 0.25) is 5.91 Å². The molecule has 8 nitrogen and oxygen atoms in total. The van der Waals surface area contributed by atoms with Gasteiger partial charge in [-0.25, -0.2) is 4.98 Å². The Kier molecular flexibility index (Phi) is 7.10. The second-order valence-corrected chi connectivity index (χ2v) is 7.99. The fraction of sp³-hybridized carbons (Fsp3) is 0.368. The molecule has 0 atom stereocenters. The van der Waals surface area contributed by atoms with Crippen LogP contribution in [0.3, 0.4) is 0 Å². The van der Waals surface area contributed by atoms with Crippen LogP contribution < -0.4 is 15.8 Å². The highest BCUT2D eigenvalue weighted by Gasteiger charge is 2.18. The van der Waals surface area contributed by atoms with E-state index < -0.39 is 0 Å². The number of amides is 1. The molecule has 10 heteroatoms. The Balaban J connectivity index is 1.81. The van der Waals surface area contributed by atoms with Crippen molar-refractivity contribution in [3.8, 4) is 0 Å². The number of anilines is 1. The van der Waals surface area contributed by atoms with Crippen LogP contribution in [-0.2, 0) is 17.9 Å². The van der Waals surface area contributed by atoms with Crippen LogP contribution in [0, 0.1) is 0 Å². The van der Waals surface area contributed by atoms with Crippen LogP contribution in [0.25, 0.3) is 10.3 Å². The molecule has 3 aromatic rings. The van der Waals surface area contributed by atoms with Gasteiger partial charge in [-0.1, -0.05) is 29.2 Å². The first-order valence-corrected chi connectivity index (χ1v) is 11.1. The molecule has 0 bridgehead atoms. The zero-order valence-electron chi connectivity index (χ0n) is 16.4. The van der Waals surface area contributed by atoms with Gasteiger partial charge in [0.15, 0.2) is 15.9 Å². The molecular weight excluding hydrogens is 410 g/mol. The van der Waals surface area contributed by atoms with Gasteiger partial charge in [-0.3, -0.25) is 14.2 Å². The van der Waals surface area contributed by atoms with Crippen molar-refractivity contribution in [3.63, 3.8) is 0 Å². The quantitative estimate of drug-likeness (QED) is 0.298. The summed E-state index contributed by atoms with van der Waals surface area (Å²) in [5, 5.41) is 4.01. The fourth-order valence-electron chi connectivity index (χ4n) is 2.69. The Labute approximate surface area is 176 Å². The molecule has 0 aromatic carbocycles. The third-order valence-electron chi connectivity index (χ3n) is 4.19.